The van der Waals surface area contributed by atoms with Crippen LogP contribution in [0.1, 0.15) is 144 Å². The van der Waals surface area contributed by atoms with E-state index in [2.05, 4.69) is 39.9 Å². The first kappa shape index (κ1) is 40.4. The molecule has 294 valence electrons. The molecule has 54 heavy (non-hydrogen) atoms. The van der Waals surface area contributed by atoms with Crippen LogP contribution in [0, 0.1) is 52.3 Å². The summed E-state index contributed by atoms with van der Waals surface area (Å²) in [5.74, 6) is 0.606. The predicted octanol–water partition coefficient (Wildman–Crippen LogP) is 10.8. The first-order valence-corrected chi connectivity index (χ1v) is 20.7. The topological polar surface area (TPSA) is 144 Å². The summed E-state index contributed by atoms with van der Waals surface area (Å²) in [6.07, 6.45) is 15.9. The summed E-state index contributed by atoms with van der Waals surface area (Å²) in [6.45, 7) is 12.3. The van der Waals surface area contributed by atoms with Gasteiger partial charge in [0.25, 0.3) is 0 Å². The lowest BCUT2D eigenvalue weighted by molar-refractivity contribution is -0.125. The van der Waals surface area contributed by atoms with E-state index < -0.39 is 40.5 Å². The molecule has 4 saturated carbocycles. The number of rotatable bonds is 11. The zero-order valence-corrected chi connectivity index (χ0v) is 33.8. The molecule has 0 heterocycles. The van der Waals surface area contributed by atoms with Crippen LogP contribution in [0.4, 0.5) is 0 Å². The number of aromatic hydroxyl groups is 2. The Balaban J connectivity index is 1.20. The van der Waals surface area contributed by atoms with Crippen LogP contribution in [0.15, 0.2) is 30.3 Å². The number of benzene rings is 2. The molecule has 2 aromatic rings. The second-order valence-electron chi connectivity index (χ2n) is 18.0. The van der Waals surface area contributed by atoms with Crippen molar-refractivity contribution in [3.63, 3.8) is 0 Å². The number of aromatic carboxylic acids is 2. The maximum Gasteiger partial charge on any atom is 0.339 e. The fourth-order valence-electron chi connectivity index (χ4n) is 12.0. The average Bonchev–Trinajstić information content (AvgIpc) is 3.46. The highest BCUT2D eigenvalue weighted by Gasteiger charge is 2.60. The predicted molar refractivity (Wildman–Crippen MR) is 212 cm³/mol. The lowest BCUT2D eigenvalue weighted by atomic mass is 9.44. The molecule has 0 aromatic heterocycles. The van der Waals surface area contributed by atoms with Gasteiger partial charge in [0.1, 0.15) is 22.6 Å². The number of hydrogen-bond donors (Lipinski definition) is 5. The van der Waals surface area contributed by atoms with Gasteiger partial charge in [-0.15, -0.1) is 0 Å². The van der Waals surface area contributed by atoms with E-state index in [1.54, 1.807) is 0 Å². The molecule has 8 nitrogen and oxygen atoms in total. The molecule has 0 unspecified atom stereocenters. The summed E-state index contributed by atoms with van der Waals surface area (Å²) in [5, 5.41) is 42.8. The molecule has 4 aliphatic carbocycles. The number of amides is 1. The van der Waals surface area contributed by atoms with Crippen molar-refractivity contribution in [1.29, 1.82) is 0 Å². The SMILES string of the molecule is CC(C)CCC[C@@H](C)[C@H]1CC[C@H]2[C@@H]3CC[C@H]4C[C@@H](NC(=O)C=C(c5cc(Cl)c(O)c(C(=O)O)c5)c5cc(Cl)c(O)c(C(=O)O)c5)CC[C@]4(C)[C@H]3CC[C@]12C. The van der Waals surface area contributed by atoms with Crippen LogP contribution in [-0.2, 0) is 4.79 Å². The van der Waals surface area contributed by atoms with Crippen LogP contribution in [-0.4, -0.2) is 44.3 Å². The van der Waals surface area contributed by atoms with E-state index in [4.69, 9.17) is 23.2 Å². The summed E-state index contributed by atoms with van der Waals surface area (Å²) in [5.41, 5.74) is 0.152. The van der Waals surface area contributed by atoms with Crippen molar-refractivity contribution < 1.29 is 34.8 Å². The summed E-state index contributed by atoms with van der Waals surface area (Å²) in [7, 11) is 0. The summed E-state index contributed by atoms with van der Waals surface area (Å²) < 4.78 is 0. The van der Waals surface area contributed by atoms with Crippen LogP contribution in [0.2, 0.25) is 10.0 Å². The van der Waals surface area contributed by atoms with Crippen molar-refractivity contribution in [3.05, 3.63) is 62.6 Å². The zero-order valence-electron chi connectivity index (χ0n) is 32.3. The fraction of sp³-hybridized carbons (Fsp3) is 0.614. The van der Waals surface area contributed by atoms with Crippen molar-refractivity contribution in [2.45, 2.75) is 118 Å². The molecular weight excluding hydrogens is 725 g/mol. The standard InChI is InChI=1S/C44H57Cl2NO7/c1-23(2)7-6-8-24(3)33-11-12-34-29-10-9-27-21-28(13-15-43(27,4)35(29)14-16-44(33,34)5)47-38(48)22-30(25-17-31(41(51)52)39(49)36(45)19-25)26-18-32(42(53)54)40(50)37(46)20-26/h17-20,22-24,27-29,33-35,49-50H,6-16,21H2,1-5H3,(H,47,48)(H,51,52)(H,53,54)/t24-,27+,28+,29+,33-,34+,35+,43+,44-/m1/s1. The minimum absolute atomic E-state index is 0.0583. The second kappa shape index (κ2) is 15.7. The van der Waals surface area contributed by atoms with Crippen LogP contribution in [0.5, 0.6) is 11.5 Å². The number of carbonyl (C=O) groups is 3. The van der Waals surface area contributed by atoms with Crippen LogP contribution < -0.4 is 5.32 Å². The highest BCUT2D eigenvalue weighted by atomic mass is 35.5. The first-order valence-electron chi connectivity index (χ1n) is 20.0. The van der Waals surface area contributed by atoms with Gasteiger partial charge in [-0.25, -0.2) is 9.59 Å². The molecule has 0 radical (unpaired) electrons. The van der Waals surface area contributed by atoms with Gasteiger partial charge >= 0.3 is 11.9 Å². The quantitative estimate of drug-likeness (QED) is 0.143. The number of fused-ring (bicyclic) bond motifs is 5. The van der Waals surface area contributed by atoms with Gasteiger partial charge in [0, 0.05) is 12.1 Å². The van der Waals surface area contributed by atoms with E-state index in [-0.39, 0.29) is 38.2 Å². The summed E-state index contributed by atoms with van der Waals surface area (Å²) >= 11 is 12.5. The number of nitrogens with one attached hydrogen (secondary N) is 1. The molecule has 0 aliphatic heterocycles. The van der Waals surface area contributed by atoms with Gasteiger partial charge in [-0.3, -0.25) is 4.79 Å². The molecule has 6 rings (SSSR count). The van der Waals surface area contributed by atoms with Gasteiger partial charge in [-0.05, 0) is 151 Å². The number of halogens is 2. The normalized spacial score (nSPS) is 30.8. The lowest BCUT2D eigenvalue weighted by Crippen LogP contribution is -2.55. The van der Waals surface area contributed by atoms with Crippen molar-refractivity contribution in [3.8, 4) is 11.5 Å². The molecule has 4 fully saturated rings. The van der Waals surface area contributed by atoms with Crippen LogP contribution in [0.3, 0.4) is 0 Å². The Kier molecular flexibility index (Phi) is 11.8. The lowest BCUT2D eigenvalue weighted by Gasteiger charge is -2.61. The molecule has 0 bridgehead atoms. The molecule has 9 atom stereocenters. The van der Waals surface area contributed by atoms with Crippen molar-refractivity contribution >= 4 is 46.6 Å². The van der Waals surface area contributed by atoms with Gasteiger partial charge in [0.05, 0.1) is 10.0 Å². The van der Waals surface area contributed by atoms with Crippen LogP contribution in [0.25, 0.3) is 5.57 Å². The van der Waals surface area contributed by atoms with Gasteiger partial charge in [-0.2, -0.15) is 0 Å². The first-order chi connectivity index (χ1) is 25.4. The Bertz CT molecular complexity index is 1750. The van der Waals surface area contributed by atoms with E-state index in [9.17, 15) is 34.8 Å². The van der Waals surface area contributed by atoms with E-state index in [0.29, 0.717) is 17.3 Å². The highest BCUT2D eigenvalue weighted by Crippen LogP contribution is 2.68. The minimum Gasteiger partial charge on any atom is -0.505 e. The number of phenols is 2. The van der Waals surface area contributed by atoms with Gasteiger partial charge in [0.2, 0.25) is 5.91 Å². The number of carboxylic acids is 2. The number of hydrogen-bond acceptors (Lipinski definition) is 5. The third-order valence-electron chi connectivity index (χ3n) is 14.7. The Labute approximate surface area is 329 Å². The maximum absolute atomic E-state index is 13.8. The van der Waals surface area contributed by atoms with E-state index in [1.165, 1.54) is 88.1 Å². The molecule has 10 heteroatoms. The average molecular weight is 783 g/mol. The Morgan fingerprint density at radius 2 is 1.37 bits per heavy atom. The number of carboxylic acid groups (broad SMARTS) is 2. The molecule has 4 aliphatic rings. The summed E-state index contributed by atoms with van der Waals surface area (Å²) in [4.78, 5) is 37.8. The van der Waals surface area contributed by atoms with E-state index in [0.717, 1.165) is 48.9 Å². The van der Waals surface area contributed by atoms with E-state index >= 15 is 0 Å². The maximum atomic E-state index is 13.8. The highest BCUT2D eigenvalue weighted by molar-refractivity contribution is 6.33. The monoisotopic (exact) mass is 781 g/mol. The molecule has 0 saturated heterocycles. The Morgan fingerprint density at radius 3 is 1.94 bits per heavy atom. The minimum atomic E-state index is -1.43. The Hall–Kier alpha value is -3.23. The third-order valence-corrected chi connectivity index (χ3v) is 15.3. The Morgan fingerprint density at radius 1 is 0.796 bits per heavy atom. The number of carbonyl (C=O) groups excluding carboxylic acids is 1. The fourth-order valence-corrected chi connectivity index (χ4v) is 12.4. The van der Waals surface area contributed by atoms with Gasteiger partial charge < -0.3 is 25.7 Å². The molecular formula is C44H57Cl2NO7. The zero-order chi connectivity index (χ0) is 39.3. The van der Waals surface area contributed by atoms with Gasteiger partial charge in [0.15, 0.2) is 0 Å². The molecule has 0 spiro atoms. The van der Waals surface area contributed by atoms with Crippen molar-refractivity contribution in [2.24, 2.45) is 52.3 Å². The van der Waals surface area contributed by atoms with Gasteiger partial charge in [-0.1, -0.05) is 77.1 Å². The van der Waals surface area contributed by atoms with Crippen molar-refractivity contribution in [2.75, 3.05) is 0 Å². The van der Waals surface area contributed by atoms with Crippen molar-refractivity contribution in [1.82, 2.24) is 5.32 Å². The van der Waals surface area contributed by atoms with E-state index in [1.807, 2.05) is 0 Å². The molecule has 2 aromatic carbocycles. The smallest absolute Gasteiger partial charge is 0.339 e. The van der Waals surface area contributed by atoms with Crippen LogP contribution >= 0.6 is 23.2 Å². The largest absolute Gasteiger partial charge is 0.505 e. The molecule has 1 amide bonds. The third kappa shape index (κ3) is 7.63. The second-order valence-corrected chi connectivity index (χ2v) is 18.9. The summed E-state index contributed by atoms with van der Waals surface area (Å²) in [6, 6.07) is 4.90. The molecule has 5 N–H and O–H groups in total.